The van der Waals surface area contributed by atoms with Crippen LogP contribution in [0, 0.1) is 11.3 Å². The highest BCUT2D eigenvalue weighted by molar-refractivity contribution is 7.89. The summed E-state index contributed by atoms with van der Waals surface area (Å²) in [6.45, 7) is 3.00. The Bertz CT molecular complexity index is 1120. The molecule has 1 aromatic carbocycles. The topological polar surface area (TPSA) is 132 Å². The van der Waals surface area contributed by atoms with Gasteiger partial charge in [-0.2, -0.15) is 5.26 Å². The number of pyridine rings is 1. The Balaban J connectivity index is 1.50. The Hall–Kier alpha value is -3.16. The Morgan fingerprint density at radius 1 is 1.11 bits per heavy atom. The molecule has 1 aliphatic heterocycles. The number of imidazole rings is 1. The number of piperazine rings is 1. The van der Waals surface area contributed by atoms with Crippen molar-refractivity contribution in [3.05, 3.63) is 42.1 Å². The molecule has 4 rings (SSSR count). The molecule has 10 heteroatoms. The van der Waals surface area contributed by atoms with Gasteiger partial charge in [-0.3, -0.25) is 0 Å². The third kappa shape index (κ3) is 3.42. The Kier molecular flexibility index (Phi) is 4.18. The van der Waals surface area contributed by atoms with Crippen LogP contribution < -0.4 is 14.9 Å². The Labute approximate surface area is 156 Å². The number of anilines is 2. The molecule has 1 aliphatic rings. The molecular weight excluding hydrogens is 366 g/mol. The monoisotopic (exact) mass is 383 g/mol. The molecule has 0 atom stereocenters. The fraction of sp³-hybridized carbons (Fsp3) is 0.235. The second kappa shape index (κ2) is 6.53. The van der Waals surface area contributed by atoms with E-state index < -0.39 is 10.0 Å². The lowest BCUT2D eigenvalue weighted by Crippen LogP contribution is -2.47. The number of H-pyrrole nitrogens is 1. The summed E-state index contributed by atoms with van der Waals surface area (Å²) in [7, 11) is -3.75. The zero-order chi connectivity index (χ0) is 19.0. The van der Waals surface area contributed by atoms with Gasteiger partial charge in [0.2, 0.25) is 16.0 Å². The van der Waals surface area contributed by atoms with Gasteiger partial charge in [-0.25, -0.2) is 23.5 Å². The summed E-state index contributed by atoms with van der Waals surface area (Å²) in [5.74, 6) is 1.54. The predicted molar refractivity (Wildman–Crippen MR) is 101 cm³/mol. The van der Waals surface area contributed by atoms with E-state index in [9.17, 15) is 8.42 Å². The number of aromatic nitrogens is 3. The molecule has 0 unspecified atom stereocenters. The molecule has 3 heterocycles. The van der Waals surface area contributed by atoms with Crippen LogP contribution in [0.4, 0.5) is 11.8 Å². The molecule has 27 heavy (non-hydrogen) atoms. The molecule has 1 fully saturated rings. The van der Waals surface area contributed by atoms with Crippen molar-refractivity contribution in [3.8, 4) is 6.07 Å². The number of hydrogen-bond donors (Lipinski definition) is 2. The van der Waals surface area contributed by atoms with Gasteiger partial charge in [0.15, 0.2) is 0 Å². The van der Waals surface area contributed by atoms with Gasteiger partial charge in [0, 0.05) is 32.4 Å². The minimum atomic E-state index is -3.75. The van der Waals surface area contributed by atoms with Crippen LogP contribution in [0.2, 0.25) is 0 Å². The highest BCUT2D eigenvalue weighted by Crippen LogP contribution is 2.22. The Morgan fingerprint density at radius 2 is 1.85 bits per heavy atom. The number of benzene rings is 1. The molecule has 0 saturated carbocycles. The van der Waals surface area contributed by atoms with E-state index in [2.05, 4.69) is 30.8 Å². The van der Waals surface area contributed by atoms with Gasteiger partial charge in [-0.05, 0) is 30.3 Å². The highest BCUT2D eigenvalue weighted by Gasteiger charge is 2.21. The quantitative estimate of drug-likeness (QED) is 0.684. The summed E-state index contributed by atoms with van der Waals surface area (Å²) in [6, 6.07) is 10.3. The molecule has 0 spiro atoms. The third-order valence-electron chi connectivity index (χ3n) is 4.55. The van der Waals surface area contributed by atoms with Crippen molar-refractivity contribution in [1.82, 2.24) is 15.0 Å². The number of aromatic amines is 1. The summed E-state index contributed by atoms with van der Waals surface area (Å²) in [5.41, 5.74) is 1.86. The molecule has 2 aromatic heterocycles. The van der Waals surface area contributed by atoms with Gasteiger partial charge < -0.3 is 14.8 Å². The first-order chi connectivity index (χ1) is 12.9. The highest BCUT2D eigenvalue weighted by atomic mass is 32.2. The summed E-state index contributed by atoms with van der Waals surface area (Å²) in [6.07, 6.45) is 1.57. The molecule has 3 N–H and O–H groups in total. The third-order valence-corrected chi connectivity index (χ3v) is 5.46. The average Bonchev–Trinajstić information content (AvgIpc) is 3.11. The largest absolute Gasteiger partial charge is 0.353 e. The lowest BCUT2D eigenvalue weighted by atomic mass is 10.3. The van der Waals surface area contributed by atoms with Crippen molar-refractivity contribution in [2.45, 2.75) is 4.90 Å². The standard InChI is InChI=1S/C17H17N7O2S/c18-10-12-1-4-16(20-11-12)23-5-7-24(8-6-23)17-21-14-3-2-13(27(19,25)26)9-15(14)22-17/h1-4,9,11H,5-8H2,(H,21,22)(H2,19,25,26). The van der Waals surface area contributed by atoms with Gasteiger partial charge >= 0.3 is 0 Å². The summed E-state index contributed by atoms with van der Waals surface area (Å²) in [5, 5.41) is 14.0. The maximum absolute atomic E-state index is 11.5. The normalized spacial score (nSPS) is 15.1. The van der Waals surface area contributed by atoms with Crippen LogP contribution in [0.15, 0.2) is 41.4 Å². The number of nitriles is 1. The van der Waals surface area contributed by atoms with Crippen molar-refractivity contribution in [2.24, 2.45) is 5.14 Å². The number of hydrogen-bond acceptors (Lipinski definition) is 7. The number of sulfonamides is 1. The van der Waals surface area contributed by atoms with Crippen LogP contribution in [-0.4, -0.2) is 49.5 Å². The summed E-state index contributed by atoms with van der Waals surface area (Å²) >= 11 is 0. The number of nitrogens with zero attached hydrogens (tertiary/aromatic N) is 5. The second-order valence-electron chi connectivity index (χ2n) is 6.28. The Morgan fingerprint density at radius 3 is 2.48 bits per heavy atom. The maximum atomic E-state index is 11.5. The predicted octanol–water partition coefficient (Wildman–Crippen LogP) is 0.804. The lowest BCUT2D eigenvalue weighted by Gasteiger charge is -2.35. The van der Waals surface area contributed by atoms with Crippen molar-refractivity contribution in [1.29, 1.82) is 5.26 Å². The van der Waals surface area contributed by atoms with Crippen molar-refractivity contribution < 1.29 is 8.42 Å². The van der Waals surface area contributed by atoms with Gasteiger partial charge in [0.05, 0.1) is 21.5 Å². The van der Waals surface area contributed by atoms with Gasteiger partial charge in [-0.15, -0.1) is 0 Å². The zero-order valence-corrected chi connectivity index (χ0v) is 15.1. The number of rotatable bonds is 3. The zero-order valence-electron chi connectivity index (χ0n) is 14.3. The SMILES string of the molecule is N#Cc1ccc(N2CCN(c3nc4ccc(S(N)(=O)=O)cc4[nH]3)CC2)nc1. The average molecular weight is 383 g/mol. The minimum absolute atomic E-state index is 0.0573. The van der Waals surface area contributed by atoms with Crippen LogP contribution in [0.1, 0.15) is 5.56 Å². The fourth-order valence-corrected chi connectivity index (χ4v) is 3.63. The van der Waals surface area contributed by atoms with Gasteiger partial charge in [-0.1, -0.05) is 0 Å². The van der Waals surface area contributed by atoms with Crippen molar-refractivity contribution >= 4 is 32.8 Å². The molecule has 138 valence electrons. The first-order valence-corrected chi connectivity index (χ1v) is 9.87. The molecule has 0 aliphatic carbocycles. The van der Waals surface area contributed by atoms with Crippen molar-refractivity contribution in [3.63, 3.8) is 0 Å². The van der Waals surface area contributed by atoms with Gasteiger partial charge in [0.25, 0.3) is 0 Å². The van der Waals surface area contributed by atoms with Crippen LogP contribution >= 0.6 is 0 Å². The van der Waals surface area contributed by atoms with E-state index in [1.807, 2.05) is 6.07 Å². The molecule has 3 aromatic rings. The second-order valence-corrected chi connectivity index (χ2v) is 7.84. The van der Waals surface area contributed by atoms with Gasteiger partial charge in [0.1, 0.15) is 11.9 Å². The number of primary sulfonamides is 1. The van der Waals surface area contributed by atoms with E-state index in [1.54, 1.807) is 18.3 Å². The maximum Gasteiger partial charge on any atom is 0.238 e. The summed E-state index contributed by atoms with van der Waals surface area (Å²) in [4.78, 5) is 16.4. The molecular formula is C17H17N7O2S. The van der Waals surface area contributed by atoms with E-state index >= 15 is 0 Å². The van der Waals surface area contributed by atoms with Crippen LogP contribution in [0.5, 0.6) is 0 Å². The fourth-order valence-electron chi connectivity index (χ4n) is 3.09. The van der Waals surface area contributed by atoms with Crippen molar-refractivity contribution in [2.75, 3.05) is 36.0 Å². The molecule has 9 nitrogen and oxygen atoms in total. The van der Waals surface area contributed by atoms with E-state index in [0.717, 1.165) is 32.0 Å². The smallest absolute Gasteiger partial charge is 0.238 e. The minimum Gasteiger partial charge on any atom is -0.353 e. The molecule has 0 amide bonds. The summed E-state index contributed by atoms with van der Waals surface area (Å²) < 4.78 is 23.0. The van der Waals surface area contributed by atoms with Crippen LogP contribution in [0.25, 0.3) is 11.0 Å². The molecule has 0 bridgehead atoms. The van der Waals surface area contributed by atoms with Crippen LogP contribution in [-0.2, 0) is 10.0 Å². The van der Waals surface area contributed by atoms with E-state index in [-0.39, 0.29) is 4.90 Å². The van der Waals surface area contributed by atoms with E-state index in [1.165, 1.54) is 12.1 Å². The number of nitrogens with one attached hydrogen (secondary N) is 1. The first kappa shape index (κ1) is 17.3. The van der Waals surface area contributed by atoms with E-state index in [4.69, 9.17) is 10.4 Å². The number of nitrogens with two attached hydrogens (primary N) is 1. The van der Waals surface area contributed by atoms with Crippen LogP contribution in [0.3, 0.4) is 0 Å². The molecule has 0 radical (unpaired) electrons. The van der Waals surface area contributed by atoms with E-state index in [0.29, 0.717) is 22.5 Å². The lowest BCUT2D eigenvalue weighted by molar-refractivity contribution is 0.598. The molecule has 1 saturated heterocycles. The first-order valence-electron chi connectivity index (χ1n) is 8.33. The number of fused-ring (bicyclic) bond motifs is 1.